The lowest BCUT2D eigenvalue weighted by Crippen LogP contribution is -2.58. The summed E-state index contributed by atoms with van der Waals surface area (Å²) in [7, 11) is -3.68. The first-order valence-electron chi connectivity index (χ1n) is 9.63. The number of amides is 1. The van der Waals surface area contributed by atoms with Gasteiger partial charge in [-0.1, -0.05) is 12.1 Å². The minimum atomic E-state index is -3.68. The van der Waals surface area contributed by atoms with Crippen molar-refractivity contribution in [3.63, 3.8) is 0 Å². The van der Waals surface area contributed by atoms with Crippen LogP contribution in [0.2, 0.25) is 0 Å². The lowest BCUT2D eigenvalue weighted by atomic mass is 9.93. The van der Waals surface area contributed by atoms with E-state index in [4.69, 9.17) is 4.74 Å². The Bertz CT molecular complexity index is 857. The molecule has 0 N–H and O–H groups in total. The highest BCUT2D eigenvalue weighted by atomic mass is 32.2. The lowest BCUT2D eigenvalue weighted by molar-refractivity contribution is -0.151. The van der Waals surface area contributed by atoms with Crippen LogP contribution in [0.4, 0.5) is 0 Å². The Morgan fingerprint density at radius 3 is 2.43 bits per heavy atom. The van der Waals surface area contributed by atoms with Gasteiger partial charge >= 0.3 is 0 Å². The van der Waals surface area contributed by atoms with Crippen LogP contribution >= 0.6 is 0 Å². The topological polar surface area (TPSA) is 84.0 Å². The molecule has 0 radical (unpaired) electrons. The van der Waals surface area contributed by atoms with Crippen molar-refractivity contribution >= 4 is 21.7 Å². The van der Waals surface area contributed by atoms with E-state index >= 15 is 0 Å². The van der Waals surface area contributed by atoms with E-state index in [1.165, 1.54) is 23.4 Å². The van der Waals surface area contributed by atoms with Crippen molar-refractivity contribution in [2.24, 2.45) is 5.92 Å². The van der Waals surface area contributed by atoms with Gasteiger partial charge in [0.25, 0.3) is 0 Å². The van der Waals surface area contributed by atoms with Gasteiger partial charge in [0.05, 0.1) is 23.6 Å². The number of benzene rings is 1. The van der Waals surface area contributed by atoms with E-state index in [2.05, 4.69) is 0 Å². The molecule has 2 heterocycles. The van der Waals surface area contributed by atoms with Gasteiger partial charge in [-0.2, -0.15) is 4.31 Å². The number of ketones is 1. The van der Waals surface area contributed by atoms with Crippen LogP contribution in [0.5, 0.6) is 0 Å². The quantitative estimate of drug-likeness (QED) is 0.711. The molecule has 28 heavy (non-hydrogen) atoms. The van der Waals surface area contributed by atoms with Gasteiger partial charge in [0.15, 0.2) is 5.78 Å². The van der Waals surface area contributed by atoms with Crippen molar-refractivity contribution < 1.29 is 22.7 Å². The SMILES string of the molecule is CC(=O)c1cccc(S(=O)(=O)N2CCC(C(=O)N3CCOCC3(C)C)CC2)c1. The number of nitrogens with zero attached hydrogens (tertiary/aromatic N) is 2. The highest BCUT2D eigenvalue weighted by Gasteiger charge is 2.39. The van der Waals surface area contributed by atoms with Crippen LogP contribution in [0.3, 0.4) is 0 Å². The molecule has 8 heteroatoms. The molecule has 1 aromatic rings. The molecule has 0 atom stereocenters. The fourth-order valence-corrected chi connectivity index (χ4v) is 5.37. The van der Waals surface area contributed by atoms with Gasteiger partial charge in [-0.05, 0) is 45.7 Å². The molecular weight excluding hydrogens is 380 g/mol. The third-order valence-corrected chi connectivity index (χ3v) is 7.49. The largest absolute Gasteiger partial charge is 0.377 e. The second kappa shape index (κ2) is 7.93. The number of carbonyl (C=O) groups excluding carboxylic acids is 2. The zero-order valence-corrected chi connectivity index (χ0v) is 17.5. The van der Waals surface area contributed by atoms with E-state index in [0.29, 0.717) is 51.3 Å². The van der Waals surface area contributed by atoms with E-state index < -0.39 is 10.0 Å². The van der Waals surface area contributed by atoms with Crippen molar-refractivity contribution in [1.29, 1.82) is 0 Å². The second-order valence-electron chi connectivity index (χ2n) is 8.12. The fraction of sp³-hybridized carbons (Fsp3) is 0.600. The molecule has 0 bridgehead atoms. The summed E-state index contributed by atoms with van der Waals surface area (Å²) < 4.78 is 32.8. The Hall–Kier alpha value is -1.77. The first kappa shape index (κ1) is 21.0. The van der Waals surface area contributed by atoms with Crippen LogP contribution in [0.25, 0.3) is 0 Å². The Balaban J connectivity index is 1.68. The molecule has 3 rings (SSSR count). The van der Waals surface area contributed by atoms with Crippen LogP contribution in [0.15, 0.2) is 29.2 Å². The number of hydrogen-bond acceptors (Lipinski definition) is 5. The lowest BCUT2D eigenvalue weighted by Gasteiger charge is -2.44. The summed E-state index contributed by atoms with van der Waals surface area (Å²) in [6.07, 6.45) is 0.996. The molecule has 2 fully saturated rings. The van der Waals surface area contributed by atoms with E-state index in [1.54, 1.807) is 12.1 Å². The number of ether oxygens (including phenoxy) is 1. The van der Waals surface area contributed by atoms with Gasteiger partial charge in [-0.25, -0.2) is 8.42 Å². The van der Waals surface area contributed by atoms with Gasteiger partial charge in [0, 0.05) is 31.1 Å². The summed E-state index contributed by atoms with van der Waals surface area (Å²) in [5.74, 6) is -0.259. The third kappa shape index (κ3) is 4.14. The van der Waals surface area contributed by atoms with Crippen molar-refractivity contribution in [3.05, 3.63) is 29.8 Å². The number of morpholine rings is 1. The summed E-state index contributed by atoms with van der Waals surface area (Å²) in [6.45, 7) is 7.62. The first-order valence-corrected chi connectivity index (χ1v) is 11.1. The van der Waals surface area contributed by atoms with Gasteiger partial charge in [0.1, 0.15) is 0 Å². The number of hydrogen-bond donors (Lipinski definition) is 0. The molecule has 1 aromatic carbocycles. The highest BCUT2D eigenvalue weighted by Crippen LogP contribution is 2.29. The number of sulfonamides is 1. The average Bonchev–Trinajstić information content (AvgIpc) is 2.67. The summed E-state index contributed by atoms with van der Waals surface area (Å²) in [5.41, 5.74) is 0.0340. The maximum absolute atomic E-state index is 13.0. The second-order valence-corrected chi connectivity index (χ2v) is 10.1. The molecular formula is C20H28N2O5S. The molecule has 2 saturated heterocycles. The molecule has 154 valence electrons. The zero-order chi connectivity index (χ0) is 20.5. The molecule has 2 aliphatic rings. The minimum Gasteiger partial charge on any atom is -0.377 e. The molecule has 2 aliphatic heterocycles. The zero-order valence-electron chi connectivity index (χ0n) is 16.7. The van der Waals surface area contributed by atoms with Crippen LogP contribution in [-0.4, -0.2) is 67.7 Å². The average molecular weight is 409 g/mol. The number of rotatable bonds is 4. The van der Waals surface area contributed by atoms with Crippen LogP contribution < -0.4 is 0 Å². The van der Waals surface area contributed by atoms with E-state index in [-0.39, 0.29) is 28.0 Å². The Kier molecular flexibility index (Phi) is 5.93. The molecule has 0 saturated carbocycles. The molecule has 0 aromatic heterocycles. The fourth-order valence-electron chi connectivity index (χ4n) is 3.85. The van der Waals surface area contributed by atoms with Gasteiger partial charge in [-0.3, -0.25) is 9.59 Å². The summed E-state index contributed by atoms with van der Waals surface area (Å²) in [6, 6.07) is 6.12. The molecule has 0 spiro atoms. The summed E-state index contributed by atoms with van der Waals surface area (Å²) in [5, 5.41) is 0. The highest BCUT2D eigenvalue weighted by molar-refractivity contribution is 7.89. The van der Waals surface area contributed by atoms with Gasteiger partial charge in [0.2, 0.25) is 15.9 Å². The van der Waals surface area contributed by atoms with Gasteiger partial charge < -0.3 is 9.64 Å². The Morgan fingerprint density at radius 1 is 1.14 bits per heavy atom. The smallest absolute Gasteiger partial charge is 0.243 e. The third-order valence-electron chi connectivity index (χ3n) is 5.59. The van der Waals surface area contributed by atoms with Crippen molar-refractivity contribution in [3.8, 4) is 0 Å². The Labute approximate surface area is 166 Å². The standard InChI is InChI=1S/C20H28N2O5S/c1-15(23)17-5-4-6-18(13-17)28(25,26)21-9-7-16(8-10-21)19(24)22-11-12-27-14-20(22,2)3/h4-6,13,16H,7-12,14H2,1-3H3. The van der Waals surface area contributed by atoms with E-state index in [1.807, 2.05) is 18.7 Å². The van der Waals surface area contributed by atoms with Gasteiger partial charge in [-0.15, -0.1) is 0 Å². The van der Waals surface area contributed by atoms with Crippen LogP contribution in [-0.2, 0) is 19.6 Å². The predicted molar refractivity (Wildman–Crippen MR) is 105 cm³/mol. The van der Waals surface area contributed by atoms with Crippen molar-refractivity contribution in [2.75, 3.05) is 32.8 Å². The van der Waals surface area contributed by atoms with E-state index in [0.717, 1.165) is 0 Å². The maximum Gasteiger partial charge on any atom is 0.243 e. The summed E-state index contributed by atoms with van der Waals surface area (Å²) >= 11 is 0. The monoisotopic (exact) mass is 408 g/mol. The number of carbonyl (C=O) groups is 2. The number of piperidine rings is 1. The summed E-state index contributed by atoms with van der Waals surface area (Å²) in [4.78, 5) is 26.5. The van der Waals surface area contributed by atoms with Crippen molar-refractivity contribution in [2.45, 2.75) is 44.0 Å². The molecule has 0 aliphatic carbocycles. The van der Waals surface area contributed by atoms with Crippen LogP contribution in [0.1, 0.15) is 44.0 Å². The van der Waals surface area contributed by atoms with E-state index in [9.17, 15) is 18.0 Å². The van der Waals surface area contributed by atoms with Crippen molar-refractivity contribution in [1.82, 2.24) is 9.21 Å². The normalized spacial score (nSPS) is 21.5. The first-order chi connectivity index (χ1) is 13.1. The molecule has 0 unspecified atom stereocenters. The maximum atomic E-state index is 13.0. The molecule has 1 amide bonds. The minimum absolute atomic E-state index is 0.0870. The Morgan fingerprint density at radius 2 is 1.82 bits per heavy atom. The number of Topliss-reactive ketones (excluding diaryl/α,β-unsaturated/α-hetero) is 1. The predicted octanol–water partition coefficient (Wildman–Crippen LogP) is 1.93. The van der Waals surface area contributed by atoms with Crippen LogP contribution in [0, 0.1) is 5.92 Å². The molecule has 7 nitrogen and oxygen atoms in total.